The van der Waals surface area contributed by atoms with Crippen molar-refractivity contribution in [1.82, 2.24) is 10.0 Å². The number of hydrogen-bond donors (Lipinski definition) is 2. The van der Waals surface area contributed by atoms with Gasteiger partial charge in [-0.3, -0.25) is 0 Å². The molecule has 0 bridgehead atoms. The third kappa shape index (κ3) is 6.24. The van der Waals surface area contributed by atoms with Crippen LogP contribution in [0.25, 0.3) is 0 Å². The second-order valence-electron chi connectivity index (χ2n) is 11.3. The summed E-state index contributed by atoms with van der Waals surface area (Å²) >= 11 is 3.08. The third-order valence-corrected chi connectivity index (χ3v) is 10.2. The van der Waals surface area contributed by atoms with E-state index in [1.54, 1.807) is 34.3 Å². The van der Waals surface area contributed by atoms with Crippen LogP contribution in [0.1, 0.15) is 33.0 Å². The van der Waals surface area contributed by atoms with E-state index < -0.39 is 0 Å². The first-order chi connectivity index (χ1) is 23.6. The molecular weight excluding hydrogens is 649 g/mol. The van der Waals surface area contributed by atoms with Gasteiger partial charge in [-0.2, -0.15) is 0 Å². The molecule has 4 aliphatic rings. The molecule has 0 saturated carbocycles. The van der Waals surface area contributed by atoms with Gasteiger partial charge in [0, 0.05) is 21.9 Å². The number of rotatable bonds is 11. The predicted octanol–water partition coefficient (Wildman–Crippen LogP) is 7.42. The normalized spacial score (nSPS) is 19.1. The topological polar surface area (TPSA) is 109 Å². The molecule has 0 radical (unpaired) electrons. The molecule has 4 heterocycles. The quantitative estimate of drug-likeness (QED) is 0.166. The summed E-state index contributed by atoms with van der Waals surface area (Å²) in [6, 6.07) is 30.6. The van der Waals surface area contributed by atoms with E-state index in [1.807, 2.05) is 59.3 Å². The Bertz CT molecular complexity index is 1810. The lowest BCUT2D eigenvalue weighted by molar-refractivity contribution is 0.253. The number of fused-ring (bicyclic) bond motifs is 2. The van der Waals surface area contributed by atoms with Crippen LogP contribution in [0.15, 0.2) is 130 Å². The van der Waals surface area contributed by atoms with Crippen LogP contribution in [0.4, 0.5) is 0 Å². The largest absolute Gasteiger partial charge is 0.508 e. The summed E-state index contributed by atoms with van der Waals surface area (Å²) < 4.78 is 23.6. The van der Waals surface area contributed by atoms with Gasteiger partial charge in [0.2, 0.25) is 11.8 Å². The first-order valence-electron chi connectivity index (χ1n) is 15.4. The van der Waals surface area contributed by atoms with Crippen molar-refractivity contribution >= 4 is 35.3 Å². The maximum Gasteiger partial charge on any atom is 0.252 e. The molecule has 0 amide bonds. The van der Waals surface area contributed by atoms with Crippen molar-refractivity contribution in [3.05, 3.63) is 142 Å². The van der Waals surface area contributed by atoms with Crippen molar-refractivity contribution in [3.8, 4) is 23.0 Å². The van der Waals surface area contributed by atoms with E-state index in [0.717, 1.165) is 35.5 Å². The lowest BCUT2D eigenvalue weighted by Gasteiger charge is -2.18. The van der Waals surface area contributed by atoms with Crippen molar-refractivity contribution in [2.75, 3.05) is 13.2 Å². The molecule has 2 N–H and O–H groups in total. The van der Waals surface area contributed by atoms with E-state index >= 15 is 0 Å². The molecule has 242 valence electrons. The molecule has 0 aromatic heterocycles. The number of thioether (sulfide) groups is 2. The smallest absolute Gasteiger partial charge is 0.252 e. The second kappa shape index (κ2) is 13.1. The van der Waals surface area contributed by atoms with E-state index in [2.05, 4.69) is 34.5 Å². The van der Waals surface area contributed by atoms with Crippen LogP contribution in [0.3, 0.4) is 0 Å². The van der Waals surface area contributed by atoms with Crippen LogP contribution in [0, 0.1) is 0 Å². The molecule has 2 unspecified atom stereocenters. The van der Waals surface area contributed by atoms with Gasteiger partial charge in [-0.1, -0.05) is 84.2 Å². The monoisotopic (exact) mass is 678 g/mol. The highest BCUT2D eigenvalue weighted by atomic mass is 32.2. The van der Waals surface area contributed by atoms with Crippen molar-refractivity contribution in [3.63, 3.8) is 0 Å². The number of ether oxygens (including phenoxy) is 4. The standard InChI is InChI=1S/C36H30N4O6S2/c41-29-7-3-1-5-27(29)35-39-33(21-47-35)45-31(37-39)19-43-25-15-11-23(12-16-25)9-10-24-13-17-26(18-14-24)44-20-32-38-40-34(46-32)22-48-36(40)28-6-2-4-8-30(28)42/h1-8,11-18,21-22,35-36,41-42H,9-10,19-20H2. The molecule has 0 spiro atoms. The lowest BCUT2D eigenvalue weighted by atomic mass is 10.0. The van der Waals surface area contributed by atoms with Crippen LogP contribution in [0.5, 0.6) is 23.0 Å². The first-order valence-corrected chi connectivity index (χ1v) is 17.3. The molecule has 0 fully saturated rings. The average Bonchev–Trinajstić information content (AvgIpc) is 3.89. The fourth-order valence-electron chi connectivity index (χ4n) is 5.57. The van der Waals surface area contributed by atoms with Gasteiger partial charge < -0.3 is 29.2 Å². The number of para-hydroxylation sites is 2. The summed E-state index contributed by atoms with van der Waals surface area (Å²) in [5.74, 6) is 4.15. The third-order valence-electron chi connectivity index (χ3n) is 8.05. The SMILES string of the molecule is Oc1ccccc1C1SC=C2OC(COc3ccc(CCc4ccc(OCC5=NN6C(=CSC6c6ccccc6O)O5)cc4)cc3)=NN21. The number of nitrogens with zero attached hydrogens (tertiary/aromatic N) is 4. The Labute approximate surface area is 285 Å². The summed E-state index contributed by atoms with van der Waals surface area (Å²) in [4.78, 5) is 0. The first kappa shape index (κ1) is 30.2. The molecule has 4 aromatic carbocycles. The summed E-state index contributed by atoms with van der Waals surface area (Å²) in [6.07, 6.45) is 1.77. The molecule has 48 heavy (non-hydrogen) atoms. The van der Waals surface area contributed by atoms with E-state index in [-0.39, 0.29) is 35.5 Å². The highest BCUT2D eigenvalue weighted by Gasteiger charge is 2.38. The van der Waals surface area contributed by atoms with Gasteiger partial charge in [0.1, 0.15) is 33.7 Å². The van der Waals surface area contributed by atoms with Crippen molar-refractivity contribution in [1.29, 1.82) is 0 Å². The molecular formula is C36H30N4O6S2. The highest BCUT2D eigenvalue weighted by molar-refractivity contribution is 8.02. The predicted molar refractivity (Wildman–Crippen MR) is 185 cm³/mol. The van der Waals surface area contributed by atoms with Gasteiger partial charge >= 0.3 is 0 Å². The maximum absolute atomic E-state index is 10.3. The zero-order valence-corrected chi connectivity index (χ0v) is 27.1. The van der Waals surface area contributed by atoms with Crippen LogP contribution in [-0.2, 0) is 22.3 Å². The fourth-order valence-corrected chi connectivity index (χ4v) is 7.60. The van der Waals surface area contributed by atoms with Gasteiger partial charge in [0.25, 0.3) is 11.8 Å². The molecule has 12 heteroatoms. The Balaban J connectivity index is 0.790. The van der Waals surface area contributed by atoms with Gasteiger partial charge in [0.05, 0.1) is 0 Å². The van der Waals surface area contributed by atoms with E-state index in [4.69, 9.17) is 18.9 Å². The summed E-state index contributed by atoms with van der Waals surface area (Å²) in [5.41, 5.74) is 3.98. The van der Waals surface area contributed by atoms with Crippen LogP contribution in [-0.4, -0.2) is 45.2 Å². The van der Waals surface area contributed by atoms with E-state index in [1.165, 1.54) is 34.7 Å². The summed E-state index contributed by atoms with van der Waals surface area (Å²) in [7, 11) is 0. The Morgan fingerprint density at radius 2 is 1.00 bits per heavy atom. The Morgan fingerprint density at radius 1 is 0.583 bits per heavy atom. The van der Waals surface area contributed by atoms with Crippen LogP contribution >= 0.6 is 23.5 Å². The molecule has 4 aliphatic heterocycles. The van der Waals surface area contributed by atoms with Gasteiger partial charge in [-0.05, 0) is 60.4 Å². The minimum atomic E-state index is -0.176. The molecule has 0 aliphatic carbocycles. The van der Waals surface area contributed by atoms with Crippen LogP contribution < -0.4 is 9.47 Å². The zero-order valence-electron chi connectivity index (χ0n) is 25.5. The maximum atomic E-state index is 10.3. The molecule has 4 aromatic rings. The number of aryl methyl sites for hydroxylation is 2. The number of hydrogen-bond acceptors (Lipinski definition) is 12. The van der Waals surface area contributed by atoms with Crippen LogP contribution in [0.2, 0.25) is 0 Å². The second-order valence-corrected chi connectivity index (χ2v) is 13.2. The number of hydrazone groups is 2. The Morgan fingerprint density at radius 3 is 1.42 bits per heavy atom. The molecule has 8 rings (SSSR count). The fraction of sp³-hybridized carbons (Fsp3) is 0.167. The van der Waals surface area contributed by atoms with Crippen molar-refractivity contribution in [2.24, 2.45) is 10.2 Å². The Hall–Kier alpha value is -5.20. The van der Waals surface area contributed by atoms with E-state index in [9.17, 15) is 10.2 Å². The minimum Gasteiger partial charge on any atom is -0.508 e. The zero-order chi connectivity index (χ0) is 32.5. The van der Waals surface area contributed by atoms with Crippen molar-refractivity contribution in [2.45, 2.75) is 23.6 Å². The summed E-state index contributed by atoms with van der Waals surface area (Å²) in [5, 5.41) is 36.7. The lowest BCUT2D eigenvalue weighted by Crippen LogP contribution is -2.13. The Kier molecular flexibility index (Phi) is 8.25. The van der Waals surface area contributed by atoms with Gasteiger partial charge in [-0.25, -0.2) is 10.0 Å². The molecule has 2 atom stereocenters. The number of phenolic OH excluding ortho intramolecular Hbond substituents is 2. The number of benzene rings is 4. The van der Waals surface area contributed by atoms with Gasteiger partial charge in [0.15, 0.2) is 13.2 Å². The van der Waals surface area contributed by atoms with Crippen molar-refractivity contribution < 1.29 is 29.2 Å². The van der Waals surface area contributed by atoms with E-state index in [0.29, 0.717) is 23.6 Å². The highest BCUT2D eigenvalue weighted by Crippen LogP contribution is 2.48. The number of aromatic hydroxyl groups is 2. The molecule has 0 saturated heterocycles. The average molecular weight is 679 g/mol. The summed E-state index contributed by atoms with van der Waals surface area (Å²) in [6.45, 7) is 0.403. The van der Waals surface area contributed by atoms with Gasteiger partial charge in [-0.15, -0.1) is 10.2 Å². The minimum absolute atomic E-state index is 0.176. The number of phenols is 2. The molecule has 10 nitrogen and oxygen atoms in total.